The zero-order valence-corrected chi connectivity index (χ0v) is 11.1. The minimum Gasteiger partial charge on any atom is -0.392 e. The van der Waals surface area contributed by atoms with Crippen molar-refractivity contribution in [2.45, 2.75) is 24.3 Å². The van der Waals surface area contributed by atoms with E-state index in [1.165, 1.54) is 12.1 Å². The predicted molar refractivity (Wildman–Crippen MR) is 67.2 cm³/mol. The summed E-state index contributed by atoms with van der Waals surface area (Å²) in [6.07, 6.45) is -0.289. The van der Waals surface area contributed by atoms with E-state index >= 15 is 0 Å². The highest BCUT2D eigenvalue weighted by Crippen LogP contribution is 2.26. The highest BCUT2D eigenvalue weighted by Gasteiger charge is 2.32. The summed E-state index contributed by atoms with van der Waals surface area (Å²) in [6, 6.07) is 3.83. The topological polar surface area (TPSA) is 101 Å². The molecule has 1 atom stereocenters. The second-order valence-electron chi connectivity index (χ2n) is 4.51. The summed E-state index contributed by atoms with van der Waals surface area (Å²) in [5.74, 6) is 0. The summed E-state index contributed by atoms with van der Waals surface area (Å²) in [5, 5.41) is 20.2. The largest absolute Gasteiger partial charge is 0.392 e. The van der Waals surface area contributed by atoms with Gasteiger partial charge in [-0.15, -0.1) is 0 Å². The van der Waals surface area contributed by atoms with Crippen LogP contribution in [0, 0.1) is 17.0 Å². The number of β-amino-alcohol motifs (C(OH)–C–C–N with tert-alkyl or cyclic N) is 1. The average molecular weight is 286 g/mol. The molecular weight excluding hydrogens is 272 g/mol. The molecule has 0 spiro atoms. The lowest BCUT2D eigenvalue weighted by Gasteiger charge is -2.15. The lowest BCUT2D eigenvalue weighted by atomic mass is 10.2. The van der Waals surface area contributed by atoms with Gasteiger partial charge in [-0.3, -0.25) is 10.1 Å². The Hall–Kier alpha value is -1.51. The summed E-state index contributed by atoms with van der Waals surface area (Å²) in [4.78, 5) is 10.1. The van der Waals surface area contributed by atoms with Crippen molar-refractivity contribution >= 4 is 15.7 Å². The lowest BCUT2D eigenvalue weighted by molar-refractivity contribution is -0.385. The number of aliphatic hydroxyl groups is 1. The number of rotatable bonds is 3. The van der Waals surface area contributed by atoms with Gasteiger partial charge < -0.3 is 5.11 Å². The molecule has 1 fully saturated rings. The van der Waals surface area contributed by atoms with E-state index in [4.69, 9.17) is 0 Å². The molecule has 104 valence electrons. The number of nitro groups is 1. The molecule has 1 heterocycles. The summed E-state index contributed by atoms with van der Waals surface area (Å²) in [5.41, 5.74) is 0.186. The molecule has 8 heteroatoms. The second kappa shape index (κ2) is 4.87. The SMILES string of the molecule is Cc1ccc(S(=O)(=O)N2CC[C@@H](O)C2)cc1[N+](=O)[O-]. The van der Waals surface area contributed by atoms with Crippen molar-refractivity contribution in [3.8, 4) is 0 Å². The van der Waals surface area contributed by atoms with Gasteiger partial charge in [0.25, 0.3) is 5.69 Å². The Bertz CT molecular complexity index is 614. The van der Waals surface area contributed by atoms with Crippen LogP contribution in [0.25, 0.3) is 0 Å². The molecule has 1 aliphatic rings. The van der Waals surface area contributed by atoms with Gasteiger partial charge in [0.15, 0.2) is 0 Å². The Kier molecular flexibility index (Phi) is 3.57. The van der Waals surface area contributed by atoms with Crippen molar-refractivity contribution in [3.63, 3.8) is 0 Å². The third-order valence-electron chi connectivity index (χ3n) is 3.14. The normalized spacial score (nSPS) is 20.6. The molecular formula is C11H14N2O5S. The zero-order chi connectivity index (χ0) is 14.2. The van der Waals surface area contributed by atoms with Gasteiger partial charge in [-0.25, -0.2) is 8.42 Å². The van der Waals surface area contributed by atoms with E-state index in [2.05, 4.69) is 0 Å². The van der Waals surface area contributed by atoms with E-state index in [9.17, 15) is 23.6 Å². The molecule has 0 saturated carbocycles. The van der Waals surface area contributed by atoms with Crippen molar-refractivity contribution in [1.29, 1.82) is 0 Å². The summed E-state index contributed by atoms with van der Waals surface area (Å²) in [6.45, 7) is 1.81. The van der Waals surface area contributed by atoms with Gasteiger partial charge in [0.1, 0.15) is 0 Å². The van der Waals surface area contributed by atoms with Gasteiger partial charge >= 0.3 is 0 Å². The van der Waals surface area contributed by atoms with Crippen molar-refractivity contribution in [1.82, 2.24) is 4.31 Å². The van der Waals surface area contributed by atoms with Crippen LogP contribution in [0.15, 0.2) is 23.1 Å². The van der Waals surface area contributed by atoms with Crippen LogP contribution in [-0.2, 0) is 10.0 Å². The molecule has 0 unspecified atom stereocenters. The van der Waals surface area contributed by atoms with E-state index < -0.39 is 21.1 Å². The van der Waals surface area contributed by atoms with Gasteiger partial charge in [0, 0.05) is 24.7 Å². The number of nitrogens with zero attached hydrogens (tertiary/aromatic N) is 2. The smallest absolute Gasteiger partial charge is 0.273 e. The number of aryl methyl sites for hydroxylation is 1. The Morgan fingerprint density at radius 1 is 1.47 bits per heavy atom. The standard InChI is InChI=1S/C11H14N2O5S/c1-8-2-3-10(6-11(8)13(15)16)19(17,18)12-5-4-9(14)7-12/h2-3,6,9,14H,4-5,7H2,1H3/t9-/m1/s1. The fourth-order valence-electron chi connectivity index (χ4n) is 2.02. The van der Waals surface area contributed by atoms with Gasteiger partial charge in [0.2, 0.25) is 10.0 Å². The van der Waals surface area contributed by atoms with E-state index in [0.29, 0.717) is 12.0 Å². The Morgan fingerprint density at radius 3 is 2.68 bits per heavy atom. The average Bonchev–Trinajstić information content (AvgIpc) is 2.76. The van der Waals surface area contributed by atoms with Crippen LogP contribution < -0.4 is 0 Å². The number of hydrogen-bond acceptors (Lipinski definition) is 5. The van der Waals surface area contributed by atoms with E-state index in [1.807, 2.05) is 0 Å². The highest BCUT2D eigenvalue weighted by molar-refractivity contribution is 7.89. The third-order valence-corrected chi connectivity index (χ3v) is 5.00. The second-order valence-corrected chi connectivity index (χ2v) is 6.45. The molecule has 0 radical (unpaired) electrons. The fraction of sp³-hybridized carbons (Fsp3) is 0.455. The van der Waals surface area contributed by atoms with Crippen molar-refractivity contribution in [3.05, 3.63) is 33.9 Å². The van der Waals surface area contributed by atoms with Gasteiger partial charge in [-0.2, -0.15) is 4.31 Å². The molecule has 1 N–H and O–H groups in total. The van der Waals surface area contributed by atoms with Crippen LogP contribution in [0.5, 0.6) is 0 Å². The van der Waals surface area contributed by atoms with Crippen LogP contribution in [0.4, 0.5) is 5.69 Å². The first-order valence-corrected chi connectivity index (χ1v) is 7.19. The first-order valence-electron chi connectivity index (χ1n) is 5.75. The van der Waals surface area contributed by atoms with Crippen molar-refractivity contribution < 1.29 is 18.4 Å². The number of benzene rings is 1. The van der Waals surface area contributed by atoms with Crippen LogP contribution in [0.3, 0.4) is 0 Å². The van der Waals surface area contributed by atoms with Crippen LogP contribution >= 0.6 is 0 Å². The van der Waals surface area contributed by atoms with Crippen LogP contribution in [-0.4, -0.2) is 41.9 Å². The number of nitro benzene ring substituents is 1. The molecule has 0 aromatic heterocycles. The molecule has 0 aliphatic carbocycles. The molecule has 1 aliphatic heterocycles. The molecule has 1 aromatic rings. The van der Waals surface area contributed by atoms with Crippen molar-refractivity contribution in [2.24, 2.45) is 0 Å². The number of sulfonamides is 1. The van der Waals surface area contributed by atoms with Gasteiger partial charge in [0.05, 0.1) is 15.9 Å². The first kappa shape index (κ1) is 13.9. The van der Waals surface area contributed by atoms with Crippen LogP contribution in [0.1, 0.15) is 12.0 Å². The maximum atomic E-state index is 12.3. The molecule has 19 heavy (non-hydrogen) atoms. The van der Waals surface area contributed by atoms with Gasteiger partial charge in [-0.05, 0) is 19.4 Å². The summed E-state index contributed by atoms with van der Waals surface area (Å²) >= 11 is 0. The highest BCUT2D eigenvalue weighted by atomic mass is 32.2. The molecule has 0 amide bonds. The minimum atomic E-state index is -3.78. The summed E-state index contributed by atoms with van der Waals surface area (Å²) in [7, 11) is -3.78. The lowest BCUT2D eigenvalue weighted by Crippen LogP contribution is -2.29. The fourth-order valence-corrected chi connectivity index (χ4v) is 3.54. The van der Waals surface area contributed by atoms with E-state index in [-0.39, 0.29) is 23.7 Å². The quantitative estimate of drug-likeness (QED) is 0.649. The number of aliphatic hydroxyl groups excluding tert-OH is 1. The minimum absolute atomic E-state index is 0.0318. The third kappa shape index (κ3) is 2.60. The zero-order valence-electron chi connectivity index (χ0n) is 10.3. The maximum Gasteiger partial charge on any atom is 0.273 e. The molecule has 2 rings (SSSR count). The Labute approximate surface area is 110 Å². The van der Waals surface area contributed by atoms with Gasteiger partial charge in [-0.1, -0.05) is 6.07 Å². The molecule has 1 aromatic carbocycles. The molecule has 7 nitrogen and oxygen atoms in total. The number of hydrogen-bond donors (Lipinski definition) is 1. The summed E-state index contributed by atoms with van der Waals surface area (Å²) < 4.78 is 25.7. The Balaban J connectivity index is 2.41. The monoisotopic (exact) mass is 286 g/mol. The molecule has 0 bridgehead atoms. The van der Waals surface area contributed by atoms with E-state index in [0.717, 1.165) is 10.4 Å². The van der Waals surface area contributed by atoms with E-state index in [1.54, 1.807) is 6.92 Å². The predicted octanol–water partition coefficient (Wildman–Crippen LogP) is 0.659. The van der Waals surface area contributed by atoms with Crippen LogP contribution in [0.2, 0.25) is 0 Å². The Morgan fingerprint density at radius 2 is 2.16 bits per heavy atom. The maximum absolute atomic E-state index is 12.3. The first-order chi connectivity index (χ1) is 8.82. The molecule has 1 saturated heterocycles. The van der Waals surface area contributed by atoms with Crippen molar-refractivity contribution in [2.75, 3.05) is 13.1 Å².